The summed E-state index contributed by atoms with van der Waals surface area (Å²) in [6, 6.07) is 8.09. The Morgan fingerprint density at radius 1 is 1.26 bits per heavy atom. The highest BCUT2D eigenvalue weighted by Gasteiger charge is 2.36. The van der Waals surface area contributed by atoms with Crippen LogP contribution in [-0.4, -0.2) is 28.9 Å². The molecule has 5 heteroatoms. The van der Waals surface area contributed by atoms with E-state index >= 15 is 0 Å². The van der Waals surface area contributed by atoms with Crippen molar-refractivity contribution in [3.8, 4) is 5.75 Å². The maximum atomic E-state index is 13.3. The van der Waals surface area contributed by atoms with E-state index in [9.17, 15) is 4.79 Å². The fourth-order valence-electron chi connectivity index (χ4n) is 3.65. The van der Waals surface area contributed by atoms with Gasteiger partial charge in [0.1, 0.15) is 10.8 Å². The van der Waals surface area contributed by atoms with Crippen molar-refractivity contribution >= 4 is 17.2 Å². The second-order valence-corrected chi connectivity index (χ2v) is 7.07. The first kappa shape index (κ1) is 14.7. The predicted octanol–water partition coefficient (Wildman–Crippen LogP) is 3.76. The first-order valence-electron chi connectivity index (χ1n) is 8.26. The van der Waals surface area contributed by atoms with E-state index in [1.54, 1.807) is 11.3 Å². The second kappa shape index (κ2) is 6.32. The van der Waals surface area contributed by atoms with E-state index < -0.39 is 0 Å². The van der Waals surface area contributed by atoms with Crippen molar-refractivity contribution in [2.75, 3.05) is 13.2 Å². The monoisotopic (exact) mass is 328 g/mol. The van der Waals surface area contributed by atoms with E-state index in [1.165, 1.54) is 6.42 Å². The van der Waals surface area contributed by atoms with Crippen LogP contribution in [0.15, 0.2) is 35.8 Å². The fourth-order valence-corrected chi connectivity index (χ4v) is 4.43. The molecule has 4 nitrogen and oxygen atoms in total. The van der Waals surface area contributed by atoms with Crippen LogP contribution in [0.3, 0.4) is 0 Å². The normalized spacial score (nSPS) is 23.9. The molecular formula is C18H20N2O2S. The molecule has 120 valence electrons. The molecule has 1 fully saturated rings. The van der Waals surface area contributed by atoms with Crippen molar-refractivity contribution in [2.24, 2.45) is 0 Å². The lowest BCUT2D eigenvalue weighted by molar-refractivity contribution is -0.137. The van der Waals surface area contributed by atoms with E-state index in [0.29, 0.717) is 6.61 Å². The number of carbonyl (C=O) groups is 1. The zero-order valence-electron chi connectivity index (χ0n) is 13.0. The highest BCUT2D eigenvalue weighted by Crippen LogP contribution is 2.39. The average Bonchev–Trinajstić information content (AvgIpc) is 3.15. The van der Waals surface area contributed by atoms with Crippen molar-refractivity contribution in [2.45, 2.75) is 37.6 Å². The molecule has 1 aromatic carbocycles. The van der Waals surface area contributed by atoms with Crippen LogP contribution in [0.25, 0.3) is 0 Å². The summed E-state index contributed by atoms with van der Waals surface area (Å²) in [6.07, 6.45) is 5.86. The van der Waals surface area contributed by atoms with E-state index in [-0.39, 0.29) is 17.9 Å². The Hall–Kier alpha value is -1.88. The number of carbonyl (C=O) groups excluding carboxylic acids is 1. The quantitative estimate of drug-likeness (QED) is 0.843. The Morgan fingerprint density at radius 2 is 2.17 bits per heavy atom. The van der Waals surface area contributed by atoms with Gasteiger partial charge in [-0.15, -0.1) is 11.3 Å². The number of aromatic nitrogens is 1. The molecule has 2 atom stereocenters. The highest BCUT2D eigenvalue weighted by atomic mass is 32.1. The van der Waals surface area contributed by atoms with Crippen LogP contribution in [0.2, 0.25) is 0 Å². The van der Waals surface area contributed by atoms with Crippen LogP contribution < -0.4 is 4.74 Å². The van der Waals surface area contributed by atoms with Gasteiger partial charge >= 0.3 is 0 Å². The first-order chi connectivity index (χ1) is 11.3. The summed E-state index contributed by atoms with van der Waals surface area (Å²) >= 11 is 1.65. The van der Waals surface area contributed by atoms with E-state index in [1.807, 2.05) is 35.8 Å². The predicted molar refractivity (Wildman–Crippen MR) is 89.7 cm³/mol. The summed E-state index contributed by atoms with van der Waals surface area (Å²) in [5.74, 6) is 1.01. The summed E-state index contributed by atoms with van der Waals surface area (Å²) in [5.41, 5.74) is 1.03. The molecule has 0 bridgehead atoms. The molecule has 2 aliphatic heterocycles. The minimum atomic E-state index is -0.0829. The van der Waals surface area contributed by atoms with Crippen molar-refractivity contribution in [3.63, 3.8) is 0 Å². The van der Waals surface area contributed by atoms with Gasteiger partial charge in [0.15, 0.2) is 0 Å². The molecule has 3 heterocycles. The topological polar surface area (TPSA) is 42.4 Å². The van der Waals surface area contributed by atoms with Gasteiger partial charge < -0.3 is 9.64 Å². The lowest BCUT2D eigenvalue weighted by Crippen LogP contribution is -2.42. The number of ether oxygens (including phenoxy) is 1. The van der Waals surface area contributed by atoms with Gasteiger partial charge in [-0.2, -0.15) is 0 Å². The second-order valence-electron chi connectivity index (χ2n) is 6.14. The number of fused-ring (bicyclic) bond motifs is 1. The van der Waals surface area contributed by atoms with Gasteiger partial charge in [0, 0.05) is 23.7 Å². The molecule has 4 rings (SSSR count). The third-order valence-corrected chi connectivity index (χ3v) is 5.66. The summed E-state index contributed by atoms with van der Waals surface area (Å²) in [7, 11) is 0. The van der Waals surface area contributed by atoms with Crippen molar-refractivity contribution < 1.29 is 9.53 Å². The van der Waals surface area contributed by atoms with Crippen LogP contribution in [0.5, 0.6) is 5.75 Å². The molecule has 0 radical (unpaired) electrons. The third-order valence-electron chi connectivity index (χ3n) is 4.78. The molecule has 2 aromatic rings. The first-order valence-corrected chi connectivity index (χ1v) is 9.14. The van der Waals surface area contributed by atoms with Crippen LogP contribution >= 0.6 is 11.3 Å². The molecule has 23 heavy (non-hydrogen) atoms. The van der Waals surface area contributed by atoms with Gasteiger partial charge in [-0.3, -0.25) is 4.79 Å². The molecule has 0 unspecified atom stereocenters. The highest BCUT2D eigenvalue weighted by molar-refractivity contribution is 7.09. The smallest absolute Gasteiger partial charge is 0.230 e. The number of piperidine rings is 1. The van der Waals surface area contributed by atoms with Gasteiger partial charge in [-0.25, -0.2) is 4.98 Å². The number of hydrogen-bond donors (Lipinski definition) is 0. The van der Waals surface area contributed by atoms with E-state index in [0.717, 1.165) is 42.1 Å². The minimum absolute atomic E-state index is 0.0829. The number of nitrogens with zero attached hydrogens (tertiary/aromatic N) is 2. The molecule has 0 saturated carbocycles. The van der Waals surface area contributed by atoms with Crippen molar-refractivity contribution in [1.82, 2.24) is 9.88 Å². The molecule has 0 aliphatic carbocycles. The zero-order chi connectivity index (χ0) is 15.6. The molecule has 1 saturated heterocycles. The largest absolute Gasteiger partial charge is 0.493 e. The molecule has 1 amide bonds. The van der Waals surface area contributed by atoms with Crippen molar-refractivity contribution in [3.05, 3.63) is 46.4 Å². The Kier molecular flexibility index (Phi) is 4.04. The Bertz CT molecular complexity index is 686. The molecule has 2 aliphatic rings. The summed E-state index contributed by atoms with van der Waals surface area (Å²) in [6.45, 7) is 1.45. The number of amides is 1. The fraction of sp³-hybridized carbons (Fsp3) is 0.444. The number of para-hydroxylation sites is 1. The summed E-state index contributed by atoms with van der Waals surface area (Å²) < 4.78 is 5.71. The summed E-state index contributed by atoms with van der Waals surface area (Å²) in [5, 5.41) is 3.06. The number of benzene rings is 1. The molecule has 0 spiro atoms. The average molecular weight is 328 g/mol. The third kappa shape index (κ3) is 2.74. The van der Waals surface area contributed by atoms with Gasteiger partial charge in [-0.05, 0) is 31.7 Å². The van der Waals surface area contributed by atoms with Gasteiger partial charge in [0.2, 0.25) is 5.91 Å². The Balaban J connectivity index is 1.63. The maximum absolute atomic E-state index is 13.3. The lowest BCUT2D eigenvalue weighted by Gasteiger charge is -2.38. The molecular weight excluding hydrogens is 308 g/mol. The van der Waals surface area contributed by atoms with Crippen LogP contribution in [-0.2, 0) is 4.79 Å². The number of hydrogen-bond acceptors (Lipinski definition) is 4. The van der Waals surface area contributed by atoms with E-state index in [4.69, 9.17) is 4.74 Å². The van der Waals surface area contributed by atoms with Crippen LogP contribution in [0, 0.1) is 0 Å². The number of thiazole rings is 1. The van der Waals surface area contributed by atoms with Crippen molar-refractivity contribution in [1.29, 1.82) is 0 Å². The number of likely N-dealkylation sites (tertiary alicyclic amines) is 1. The van der Waals surface area contributed by atoms with E-state index in [2.05, 4.69) is 9.88 Å². The Morgan fingerprint density at radius 3 is 3.04 bits per heavy atom. The zero-order valence-corrected chi connectivity index (χ0v) is 13.8. The SMILES string of the molecule is O=C([C@@H]1CCOc2ccccc21)N1CCCC[C@@H]1c1nccs1. The number of rotatable bonds is 2. The summed E-state index contributed by atoms with van der Waals surface area (Å²) in [4.78, 5) is 19.8. The van der Waals surface area contributed by atoms with Gasteiger partial charge in [-0.1, -0.05) is 18.2 Å². The molecule has 1 aromatic heterocycles. The maximum Gasteiger partial charge on any atom is 0.230 e. The molecule has 0 N–H and O–H groups in total. The van der Waals surface area contributed by atoms with Gasteiger partial charge in [0.05, 0.1) is 18.6 Å². The lowest BCUT2D eigenvalue weighted by atomic mass is 9.90. The van der Waals surface area contributed by atoms with Crippen LogP contribution in [0.1, 0.15) is 48.2 Å². The van der Waals surface area contributed by atoms with Gasteiger partial charge in [0.25, 0.3) is 0 Å². The van der Waals surface area contributed by atoms with Crippen LogP contribution in [0.4, 0.5) is 0 Å². The Labute approximate surface area is 140 Å². The standard InChI is InChI=1S/C18H20N2O2S/c21-18(14-8-11-22-16-7-2-1-5-13(14)16)20-10-4-3-6-15(20)17-19-9-12-23-17/h1-2,5,7,9,12,14-15H,3-4,6,8,10-11H2/t14-,15-/m1/s1. The minimum Gasteiger partial charge on any atom is -0.493 e.